The second-order valence-corrected chi connectivity index (χ2v) is 2.01. The summed E-state index contributed by atoms with van der Waals surface area (Å²) in [6.45, 7) is 1.65. The molecule has 0 aliphatic carbocycles. The monoisotopic (exact) mass is 143 g/mol. The van der Waals surface area contributed by atoms with Crippen LogP contribution in [-0.4, -0.2) is 7.04 Å². The largest absolute Gasteiger partial charge is 0.496 e. The molecule has 0 saturated carbocycles. The third kappa shape index (κ3) is 1.26. The van der Waals surface area contributed by atoms with E-state index in [4.69, 9.17) is 4.11 Å². The molecule has 1 nitrogen and oxygen atoms in total. The van der Waals surface area contributed by atoms with Crippen molar-refractivity contribution in [3.8, 4) is 5.75 Å². The van der Waals surface area contributed by atoms with Gasteiger partial charge in [-0.1, -0.05) is 6.07 Å². The summed E-state index contributed by atoms with van der Waals surface area (Å²) in [6.07, 6.45) is 0. The lowest BCUT2D eigenvalue weighted by atomic mass is 10.2. The highest BCUT2D eigenvalue weighted by Crippen LogP contribution is 2.17. The molecule has 0 aliphatic heterocycles. The van der Waals surface area contributed by atoms with Gasteiger partial charge in [-0.3, -0.25) is 0 Å². The molecule has 0 bridgehead atoms. The molecule has 0 atom stereocenters. The quantitative estimate of drug-likeness (QED) is 0.585. The van der Waals surface area contributed by atoms with Crippen LogP contribution >= 0.6 is 0 Å². The van der Waals surface area contributed by atoms with Gasteiger partial charge in [-0.05, 0) is 18.6 Å². The lowest BCUT2D eigenvalue weighted by Crippen LogP contribution is -1.87. The predicted octanol–water partition coefficient (Wildman–Crippen LogP) is 2.14. The van der Waals surface area contributed by atoms with Crippen molar-refractivity contribution in [3.63, 3.8) is 0 Å². The molecule has 54 valence electrons. The van der Waals surface area contributed by atoms with Gasteiger partial charge < -0.3 is 4.74 Å². The van der Waals surface area contributed by atoms with E-state index in [1.165, 1.54) is 12.1 Å². The number of methoxy groups -OCH3 is 1. The maximum Gasteiger partial charge on any atom is 0.126 e. The van der Waals surface area contributed by atoms with E-state index in [2.05, 4.69) is 4.74 Å². The highest BCUT2D eigenvalue weighted by atomic mass is 19.1. The molecule has 0 amide bonds. The molecule has 0 heterocycles. The van der Waals surface area contributed by atoms with E-state index >= 15 is 0 Å². The number of hydrogen-bond acceptors (Lipinski definition) is 1. The first kappa shape index (κ1) is 3.96. The SMILES string of the molecule is [2H]C([2H])([2H])Oc1cc(F)ccc1C. The molecule has 0 fully saturated rings. The molecule has 0 aliphatic rings. The van der Waals surface area contributed by atoms with E-state index in [1.807, 2.05) is 0 Å². The summed E-state index contributed by atoms with van der Waals surface area (Å²) in [5.41, 5.74) is 0.595. The second kappa shape index (κ2) is 2.69. The zero-order chi connectivity index (χ0) is 10.1. The van der Waals surface area contributed by atoms with Crippen LogP contribution in [0.5, 0.6) is 5.75 Å². The molecule has 1 rings (SSSR count). The van der Waals surface area contributed by atoms with Crippen LogP contribution in [0.2, 0.25) is 0 Å². The van der Waals surface area contributed by atoms with Crippen molar-refractivity contribution in [1.82, 2.24) is 0 Å². The molecule has 0 radical (unpaired) electrons. The Bertz CT molecular complexity index is 309. The maximum absolute atomic E-state index is 12.7. The van der Waals surface area contributed by atoms with Crippen LogP contribution in [0.3, 0.4) is 0 Å². The van der Waals surface area contributed by atoms with Crippen LogP contribution in [0.1, 0.15) is 9.68 Å². The molecule has 1 aromatic carbocycles. The van der Waals surface area contributed by atoms with E-state index < -0.39 is 12.9 Å². The van der Waals surface area contributed by atoms with E-state index in [0.717, 1.165) is 6.07 Å². The number of ether oxygens (including phenoxy) is 1. The van der Waals surface area contributed by atoms with Crippen LogP contribution in [0.15, 0.2) is 18.2 Å². The van der Waals surface area contributed by atoms with Gasteiger partial charge in [0.2, 0.25) is 0 Å². The molecular weight excluding hydrogens is 131 g/mol. The average Bonchev–Trinajstić information content (AvgIpc) is 1.94. The molecule has 0 saturated heterocycles. The van der Waals surface area contributed by atoms with Gasteiger partial charge in [0.05, 0.1) is 11.2 Å². The van der Waals surface area contributed by atoms with Crippen molar-refractivity contribution in [2.75, 3.05) is 7.04 Å². The first-order valence-electron chi connectivity index (χ1n) is 4.34. The Morgan fingerprint density at radius 1 is 1.60 bits per heavy atom. The first-order chi connectivity index (χ1) is 5.88. The minimum atomic E-state index is -2.53. The van der Waals surface area contributed by atoms with Crippen molar-refractivity contribution in [1.29, 1.82) is 0 Å². The van der Waals surface area contributed by atoms with Crippen LogP contribution in [0.4, 0.5) is 4.39 Å². The molecule has 0 aromatic heterocycles. The van der Waals surface area contributed by atoms with Crippen LogP contribution in [-0.2, 0) is 0 Å². The Labute approximate surface area is 63.7 Å². The third-order valence-corrected chi connectivity index (χ3v) is 1.26. The number of halogens is 1. The normalized spacial score (nSPS) is 15.2. The van der Waals surface area contributed by atoms with Crippen molar-refractivity contribution in [2.24, 2.45) is 0 Å². The highest BCUT2D eigenvalue weighted by molar-refractivity contribution is 5.32. The van der Waals surface area contributed by atoms with Crippen molar-refractivity contribution in [2.45, 2.75) is 6.92 Å². The van der Waals surface area contributed by atoms with E-state index in [9.17, 15) is 4.39 Å². The summed E-state index contributed by atoms with van der Waals surface area (Å²) in [5, 5.41) is 0. The number of hydrogen-bond donors (Lipinski definition) is 0. The lowest BCUT2D eigenvalue weighted by Gasteiger charge is -2.02. The fourth-order valence-corrected chi connectivity index (χ4v) is 0.684. The summed E-state index contributed by atoms with van der Waals surface area (Å²) < 4.78 is 37.7. The molecule has 2 heteroatoms. The van der Waals surface area contributed by atoms with Gasteiger partial charge in [-0.25, -0.2) is 4.39 Å². The Hall–Kier alpha value is -1.05. The van der Waals surface area contributed by atoms with Crippen molar-refractivity contribution < 1.29 is 13.2 Å². The van der Waals surface area contributed by atoms with E-state index in [0.29, 0.717) is 5.56 Å². The van der Waals surface area contributed by atoms with E-state index in [1.54, 1.807) is 6.92 Å². The van der Waals surface area contributed by atoms with Gasteiger partial charge in [-0.15, -0.1) is 0 Å². The van der Waals surface area contributed by atoms with Gasteiger partial charge >= 0.3 is 0 Å². The average molecular weight is 143 g/mol. The van der Waals surface area contributed by atoms with Gasteiger partial charge in [0.1, 0.15) is 11.6 Å². The summed E-state index contributed by atoms with van der Waals surface area (Å²) >= 11 is 0. The molecular formula is C8H9FO. The smallest absolute Gasteiger partial charge is 0.126 e. The highest BCUT2D eigenvalue weighted by Gasteiger charge is 1.97. The van der Waals surface area contributed by atoms with Crippen molar-refractivity contribution in [3.05, 3.63) is 29.6 Å². The summed E-state index contributed by atoms with van der Waals surface area (Å²) in [6, 6.07) is 3.78. The molecule has 1 aromatic rings. The topological polar surface area (TPSA) is 9.23 Å². The van der Waals surface area contributed by atoms with Gasteiger partial charge in [0.25, 0.3) is 0 Å². The number of aryl methyl sites for hydroxylation is 1. The van der Waals surface area contributed by atoms with Crippen molar-refractivity contribution >= 4 is 0 Å². The molecule has 0 spiro atoms. The zero-order valence-electron chi connectivity index (χ0n) is 8.52. The Kier molecular flexibility index (Phi) is 1.07. The Balaban J connectivity index is 2.94. The molecule has 0 unspecified atom stereocenters. The minimum Gasteiger partial charge on any atom is -0.496 e. The van der Waals surface area contributed by atoms with Gasteiger partial charge in [-0.2, -0.15) is 0 Å². The standard InChI is InChI=1S/C8H9FO/c1-6-3-4-7(9)5-8(6)10-2/h3-5H,1-2H3/i2D3. The van der Waals surface area contributed by atoms with E-state index in [-0.39, 0.29) is 5.75 Å². The number of benzene rings is 1. The lowest BCUT2D eigenvalue weighted by molar-refractivity contribution is 0.408. The third-order valence-electron chi connectivity index (χ3n) is 1.26. The van der Waals surface area contributed by atoms with Gasteiger partial charge in [0.15, 0.2) is 0 Å². The molecule has 10 heavy (non-hydrogen) atoms. The maximum atomic E-state index is 12.7. The van der Waals surface area contributed by atoms with Crippen LogP contribution in [0, 0.1) is 12.7 Å². The second-order valence-electron chi connectivity index (χ2n) is 2.01. The van der Waals surface area contributed by atoms with Crippen LogP contribution < -0.4 is 4.74 Å². The number of rotatable bonds is 1. The van der Waals surface area contributed by atoms with Gasteiger partial charge in [0, 0.05) is 6.07 Å². The molecule has 0 N–H and O–H groups in total. The Morgan fingerprint density at radius 2 is 2.40 bits per heavy atom. The fourth-order valence-electron chi connectivity index (χ4n) is 0.684. The Morgan fingerprint density at radius 3 is 3.10 bits per heavy atom. The summed E-state index contributed by atoms with van der Waals surface area (Å²) in [7, 11) is -2.53. The predicted molar refractivity (Wildman–Crippen MR) is 37.7 cm³/mol. The summed E-state index contributed by atoms with van der Waals surface area (Å²) in [4.78, 5) is 0. The first-order valence-corrected chi connectivity index (χ1v) is 2.84. The summed E-state index contributed by atoms with van der Waals surface area (Å²) in [5.74, 6) is -0.454. The zero-order valence-corrected chi connectivity index (χ0v) is 5.52. The fraction of sp³-hybridized carbons (Fsp3) is 0.250. The van der Waals surface area contributed by atoms with Crippen LogP contribution in [0.25, 0.3) is 0 Å². The minimum absolute atomic E-state index is 0.0556.